The van der Waals surface area contributed by atoms with Gasteiger partial charge >= 0.3 is 8.56 Å². The van der Waals surface area contributed by atoms with Crippen LogP contribution < -0.4 is 0 Å². The molecule has 0 aliphatic carbocycles. The monoisotopic (exact) mass is 288 g/mol. The smallest absolute Gasteiger partial charge is 0.335 e. The van der Waals surface area contributed by atoms with E-state index in [0.717, 1.165) is 6.42 Å². The molecule has 0 rings (SSSR count). The van der Waals surface area contributed by atoms with Gasteiger partial charge in [0.2, 0.25) is 0 Å². The number of carbonyl (C=O) groups excluding carboxylic acids is 1. The molecule has 0 aromatic carbocycles. The first kappa shape index (κ1) is 18.5. The molecule has 4 nitrogen and oxygen atoms in total. The summed E-state index contributed by atoms with van der Waals surface area (Å²) in [4.78, 5) is 11.9. The zero-order chi connectivity index (χ0) is 14.7. The van der Waals surface area contributed by atoms with Crippen LogP contribution in [-0.2, 0) is 13.6 Å². The Bertz CT molecular complexity index is 271. The number of ketones is 1. The molecule has 2 atom stereocenters. The van der Waals surface area contributed by atoms with Gasteiger partial charge in [0.05, 0.1) is 0 Å². The lowest BCUT2D eigenvalue weighted by molar-refractivity contribution is -0.122. The van der Waals surface area contributed by atoms with E-state index in [9.17, 15) is 4.79 Å². The van der Waals surface area contributed by atoms with Gasteiger partial charge in [0.1, 0.15) is 6.10 Å². The molecule has 0 aliphatic rings. The van der Waals surface area contributed by atoms with E-state index in [1.165, 1.54) is 0 Å². The molecule has 0 aromatic heterocycles. The fourth-order valence-electron chi connectivity index (χ4n) is 1.80. The first-order valence-corrected chi connectivity index (χ1v) is 9.64. The van der Waals surface area contributed by atoms with Crippen molar-refractivity contribution in [2.45, 2.75) is 58.7 Å². The van der Waals surface area contributed by atoms with Crippen LogP contribution in [0.4, 0.5) is 0 Å². The highest BCUT2D eigenvalue weighted by atomic mass is 28.4. The Morgan fingerprint density at radius 2 is 2.11 bits per heavy atom. The number of aliphatic hydroxyl groups excluding tert-OH is 1. The summed E-state index contributed by atoms with van der Waals surface area (Å²) in [5, 5.41) is 8.97. The molecule has 1 N–H and O–H groups in total. The van der Waals surface area contributed by atoms with Crippen LogP contribution in [0.25, 0.3) is 0 Å². The van der Waals surface area contributed by atoms with Gasteiger partial charge < -0.3 is 14.0 Å². The van der Waals surface area contributed by atoms with Crippen molar-refractivity contribution in [3.05, 3.63) is 12.2 Å². The fraction of sp³-hybridized carbons (Fsp3) is 0.786. The molecule has 2 unspecified atom stereocenters. The van der Waals surface area contributed by atoms with Crippen molar-refractivity contribution in [2.24, 2.45) is 0 Å². The summed E-state index contributed by atoms with van der Waals surface area (Å²) >= 11 is 0. The number of aliphatic hydroxyl groups is 1. The summed E-state index contributed by atoms with van der Waals surface area (Å²) in [6, 6.07) is 0.711. The Balaban J connectivity index is 4.69. The van der Waals surface area contributed by atoms with Crippen molar-refractivity contribution in [3.8, 4) is 0 Å². The predicted molar refractivity (Wildman–Crippen MR) is 79.4 cm³/mol. The summed E-state index contributed by atoms with van der Waals surface area (Å²) in [6.07, 6.45) is 5.07. The molecule has 0 fully saturated rings. The predicted octanol–water partition coefficient (Wildman–Crippen LogP) is 2.81. The molecule has 0 saturated heterocycles. The molecule has 0 aliphatic heterocycles. The molecular formula is C14H28O4Si. The van der Waals surface area contributed by atoms with Crippen molar-refractivity contribution >= 4 is 14.3 Å². The second-order valence-corrected chi connectivity index (χ2v) is 8.02. The summed E-state index contributed by atoms with van der Waals surface area (Å²) < 4.78 is 11.9. The van der Waals surface area contributed by atoms with Crippen LogP contribution in [0, 0.1) is 0 Å². The third-order valence-corrected chi connectivity index (χ3v) is 5.67. The molecular weight excluding hydrogens is 260 g/mol. The second-order valence-electron chi connectivity index (χ2n) is 4.73. The van der Waals surface area contributed by atoms with Gasteiger partial charge in [0.15, 0.2) is 5.78 Å². The van der Waals surface area contributed by atoms with Crippen molar-refractivity contribution in [1.29, 1.82) is 0 Å². The standard InChI is InChI=1S/C14H28O4Si/c1-5-9-13(16)14(7-3)18-19(4,12-8-10-15)17-11-6-2/h5,9,14-15H,6-8,10-12H2,1-4H3. The molecule has 112 valence electrons. The van der Waals surface area contributed by atoms with E-state index >= 15 is 0 Å². The molecule has 0 radical (unpaired) electrons. The normalized spacial score (nSPS) is 16.5. The Hall–Kier alpha value is -0.493. The van der Waals surface area contributed by atoms with Gasteiger partial charge in [-0.1, -0.05) is 19.9 Å². The van der Waals surface area contributed by atoms with E-state index in [0.29, 0.717) is 25.5 Å². The Morgan fingerprint density at radius 1 is 1.42 bits per heavy atom. The zero-order valence-corrected chi connectivity index (χ0v) is 13.6. The lowest BCUT2D eigenvalue weighted by atomic mass is 10.2. The van der Waals surface area contributed by atoms with Crippen molar-refractivity contribution in [2.75, 3.05) is 13.2 Å². The summed E-state index contributed by atoms with van der Waals surface area (Å²) in [5.41, 5.74) is 0. The van der Waals surface area contributed by atoms with E-state index in [1.807, 2.05) is 27.3 Å². The maximum atomic E-state index is 11.9. The van der Waals surface area contributed by atoms with Crippen molar-refractivity contribution in [3.63, 3.8) is 0 Å². The van der Waals surface area contributed by atoms with Crippen LogP contribution in [0.1, 0.15) is 40.0 Å². The minimum Gasteiger partial charge on any atom is -0.396 e. The quantitative estimate of drug-likeness (QED) is 0.469. The van der Waals surface area contributed by atoms with Gasteiger partial charge in [0.25, 0.3) is 0 Å². The van der Waals surface area contributed by atoms with Gasteiger partial charge in [-0.15, -0.1) is 0 Å². The minimum atomic E-state index is -2.38. The average Bonchev–Trinajstić information content (AvgIpc) is 2.41. The van der Waals surface area contributed by atoms with Crippen LogP contribution in [0.5, 0.6) is 0 Å². The summed E-state index contributed by atoms with van der Waals surface area (Å²) in [7, 11) is -2.38. The minimum absolute atomic E-state index is 0.00665. The summed E-state index contributed by atoms with van der Waals surface area (Å²) in [5.74, 6) is -0.00665. The lowest BCUT2D eigenvalue weighted by Gasteiger charge is -2.30. The van der Waals surface area contributed by atoms with Crippen molar-refractivity contribution in [1.82, 2.24) is 0 Å². The van der Waals surface area contributed by atoms with E-state index in [4.69, 9.17) is 14.0 Å². The Labute approximate surface area is 118 Å². The maximum Gasteiger partial charge on any atom is 0.335 e. The third kappa shape index (κ3) is 7.62. The van der Waals surface area contributed by atoms with Crippen LogP contribution in [0.3, 0.4) is 0 Å². The highest BCUT2D eigenvalue weighted by Gasteiger charge is 2.35. The first-order valence-electron chi connectivity index (χ1n) is 7.12. The van der Waals surface area contributed by atoms with E-state index in [2.05, 4.69) is 0 Å². The first-order chi connectivity index (χ1) is 9.02. The van der Waals surface area contributed by atoms with Gasteiger partial charge in [-0.05, 0) is 44.9 Å². The Morgan fingerprint density at radius 3 is 2.58 bits per heavy atom. The average molecular weight is 288 g/mol. The van der Waals surface area contributed by atoms with Crippen LogP contribution in [0.15, 0.2) is 12.2 Å². The van der Waals surface area contributed by atoms with E-state index < -0.39 is 14.7 Å². The second kappa shape index (κ2) is 10.3. The molecule has 0 aromatic rings. The van der Waals surface area contributed by atoms with Gasteiger partial charge in [0, 0.05) is 13.2 Å². The molecule has 19 heavy (non-hydrogen) atoms. The highest BCUT2D eigenvalue weighted by Crippen LogP contribution is 2.20. The number of hydrogen-bond donors (Lipinski definition) is 1. The third-order valence-electron chi connectivity index (χ3n) is 2.81. The largest absolute Gasteiger partial charge is 0.396 e. The Kier molecular flexibility index (Phi) is 10.0. The van der Waals surface area contributed by atoms with Crippen LogP contribution in [0.2, 0.25) is 12.6 Å². The van der Waals surface area contributed by atoms with E-state index in [-0.39, 0.29) is 12.4 Å². The fourth-order valence-corrected chi connectivity index (χ4v) is 4.45. The topological polar surface area (TPSA) is 55.8 Å². The van der Waals surface area contributed by atoms with Gasteiger partial charge in [-0.25, -0.2) is 0 Å². The highest BCUT2D eigenvalue weighted by molar-refractivity contribution is 6.66. The molecule has 0 amide bonds. The number of carbonyl (C=O) groups is 1. The molecule has 0 spiro atoms. The van der Waals surface area contributed by atoms with Crippen LogP contribution >= 0.6 is 0 Å². The summed E-state index contributed by atoms with van der Waals surface area (Å²) in [6.45, 7) is 8.55. The van der Waals surface area contributed by atoms with Gasteiger partial charge in [-0.3, -0.25) is 4.79 Å². The van der Waals surface area contributed by atoms with E-state index in [1.54, 1.807) is 12.2 Å². The number of allylic oxidation sites excluding steroid dienone is 1. The number of hydrogen-bond acceptors (Lipinski definition) is 4. The maximum absolute atomic E-state index is 11.9. The van der Waals surface area contributed by atoms with Crippen LogP contribution in [-0.4, -0.2) is 38.8 Å². The van der Waals surface area contributed by atoms with Gasteiger partial charge in [-0.2, -0.15) is 0 Å². The van der Waals surface area contributed by atoms with Crippen molar-refractivity contribution < 1.29 is 18.8 Å². The SMILES string of the molecule is CC=CC(=O)C(CC)O[Si](C)(CCCO)OCCC. The zero-order valence-electron chi connectivity index (χ0n) is 12.6. The molecule has 0 bridgehead atoms. The molecule has 0 saturated carbocycles. The molecule has 0 heterocycles. The number of rotatable bonds is 11. The lowest BCUT2D eigenvalue weighted by Crippen LogP contribution is -2.44. The molecule has 5 heteroatoms.